The van der Waals surface area contributed by atoms with Crippen molar-refractivity contribution < 1.29 is 4.79 Å². The van der Waals surface area contributed by atoms with E-state index < -0.39 is 0 Å². The van der Waals surface area contributed by atoms with Crippen molar-refractivity contribution in [1.82, 2.24) is 19.7 Å². The molecule has 124 valence electrons. The zero-order valence-electron chi connectivity index (χ0n) is 13.8. The first-order chi connectivity index (χ1) is 11.6. The topological polar surface area (TPSA) is 51.0 Å². The van der Waals surface area contributed by atoms with Gasteiger partial charge >= 0.3 is 0 Å². The number of aromatic nitrogens is 3. The van der Waals surface area contributed by atoms with Crippen molar-refractivity contribution in [2.45, 2.75) is 25.8 Å². The lowest BCUT2D eigenvalue weighted by Gasteiger charge is -2.25. The number of aryl methyl sites for hydroxylation is 1. The second kappa shape index (κ2) is 7.40. The van der Waals surface area contributed by atoms with Crippen molar-refractivity contribution in [2.24, 2.45) is 0 Å². The lowest BCUT2D eigenvalue weighted by Crippen LogP contribution is -2.29. The number of carbonyl (C=O) groups excluding carboxylic acids is 1. The molecule has 2 aromatic heterocycles. The lowest BCUT2D eigenvalue weighted by molar-refractivity contribution is -0.131. The van der Waals surface area contributed by atoms with E-state index in [1.54, 1.807) is 22.3 Å². The highest BCUT2D eigenvalue weighted by Crippen LogP contribution is 2.21. The van der Waals surface area contributed by atoms with Crippen LogP contribution in [0.3, 0.4) is 0 Å². The zero-order valence-corrected chi connectivity index (χ0v) is 14.6. The summed E-state index contributed by atoms with van der Waals surface area (Å²) in [5, 5.41) is 8.26. The summed E-state index contributed by atoms with van der Waals surface area (Å²) in [4.78, 5) is 18.2. The Morgan fingerprint density at radius 2 is 2.08 bits per heavy atom. The van der Waals surface area contributed by atoms with Gasteiger partial charge in [-0.3, -0.25) is 4.79 Å². The molecule has 6 heteroatoms. The highest BCUT2D eigenvalue weighted by atomic mass is 32.1. The molecular weight excluding hydrogens is 320 g/mol. The highest BCUT2D eigenvalue weighted by Gasteiger charge is 2.17. The minimum absolute atomic E-state index is 0.0322. The van der Waals surface area contributed by atoms with Crippen molar-refractivity contribution in [3.05, 3.63) is 64.9 Å². The summed E-state index contributed by atoms with van der Waals surface area (Å²) in [5.41, 5.74) is 3.28. The van der Waals surface area contributed by atoms with Gasteiger partial charge in [0.25, 0.3) is 0 Å². The molecule has 0 N–H and O–H groups in total. The Morgan fingerprint density at radius 1 is 1.29 bits per heavy atom. The number of nitrogens with zero attached hydrogens (tertiary/aromatic N) is 4. The van der Waals surface area contributed by atoms with E-state index in [4.69, 9.17) is 0 Å². The van der Waals surface area contributed by atoms with Crippen LogP contribution in [0.1, 0.15) is 30.5 Å². The fourth-order valence-electron chi connectivity index (χ4n) is 2.55. The molecule has 0 aliphatic heterocycles. The summed E-state index contributed by atoms with van der Waals surface area (Å²) in [6.45, 7) is 2.05. The molecule has 1 aromatic carbocycles. The van der Waals surface area contributed by atoms with Crippen LogP contribution in [0, 0.1) is 0 Å². The van der Waals surface area contributed by atoms with Crippen LogP contribution in [-0.2, 0) is 11.2 Å². The maximum atomic E-state index is 12.4. The number of benzene rings is 1. The van der Waals surface area contributed by atoms with E-state index in [-0.39, 0.29) is 11.9 Å². The molecule has 1 atom stereocenters. The molecule has 0 unspecified atom stereocenters. The Kier molecular flexibility index (Phi) is 5.05. The Balaban J connectivity index is 1.62. The third-order valence-electron chi connectivity index (χ3n) is 4.24. The Morgan fingerprint density at radius 3 is 2.71 bits per heavy atom. The van der Waals surface area contributed by atoms with Crippen LogP contribution in [0.4, 0.5) is 0 Å². The lowest BCUT2D eigenvalue weighted by atomic mass is 10.1. The number of carbonyl (C=O) groups is 1. The van der Waals surface area contributed by atoms with Gasteiger partial charge in [-0.05, 0) is 53.4 Å². The number of rotatable bonds is 6. The van der Waals surface area contributed by atoms with Crippen molar-refractivity contribution in [3.63, 3.8) is 0 Å². The number of thiophene rings is 1. The summed E-state index contributed by atoms with van der Waals surface area (Å²) >= 11 is 1.67. The molecule has 0 fully saturated rings. The van der Waals surface area contributed by atoms with Crippen molar-refractivity contribution >= 4 is 17.2 Å². The fraction of sp³-hybridized carbons (Fsp3) is 0.278. The minimum Gasteiger partial charge on any atom is -0.339 e. The van der Waals surface area contributed by atoms with E-state index in [1.807, 2.05) is 48.5 Å². The van der Waals surface area contributed by atoms with Crippen molar-refractivity contribution in [2.75, 3.05) is 7.05 Å². The standard InChI is InChI=1S/C18H20N4OS/c1-14(21(2)18(23)8-3-15-9-10-24-11-15)16-4-6-17(7-5-16)22-13-19-12-20-22/h4-7,9-14H,3,8H2,1-2H3/t14-/m1/s1. The predicted molar refractivity (Wildman–Crippen MR) is 95.2 cm³/mol. The average Bonchev–Trinajstić information content (AvgIpc) is 3.32. The SMILES string of the molecule is C[C@H](c1ccc(-n2cncn2)cc1)N(C)C(=O)CCc1ccsc1. The molecule has 2 heterocycles. The third kappa shape index (κ3) is 3.71. The first-order valence-corrected chi connectivity index (χ1v) is 8.81. The fourth-order valence-corrected chi connectivity index (χ4v) is 3.25. The molecule has 0 bridgehead atoms. The quantitative estimate of drug-likeness (QED) is 0.690. The molecular formula is C18H20N4OS. The monoisotopic (exact) mass is 340 g/mol. The van der Waals surface area contributed by atoms with Gasteiger partial charge in [0.15, 0.2) is 0 Å². The molecule has 5 nitrogen and oxygen atoms in total. The van der Waals surface area contributed by atoms with E-state index in [9.17, 15) is 4.79 Å². The number of hydrogen-bond acceptors (Lipinski definition) is 4. The van der Waals surface area contributed by atoms with E-state index in [0.29, 0.717) is 6.42 Å². The highest BCUT2D eigenvalue weighted by molar-refractivity contribution is 7.07. The van der Waals surface area contributed by atoms with Gasteiger partial charge in [-0.2, -0.15) is 16.4 Å². The van der Waals surface area contributed by atoms with Crippen LogP contribution in [0.2, 0.25) is 0 Å². The van der Waals surface area contributed by atoms with Gasteiger partial charge in [0, 0.05) is 13.5 Å². The van der Waals surface area contributed by atoms with Crippen LogP contribution >= 0.6 is 11.3 Å². The summed E-state index contributed by atoms with van der Waals surface area (Å²) in [6, 6.07) is 10.2. The van der Waals surface area contributed by atoms with Crippen LogP contribution in [0.15, 0.2) is 53.7 Å². The predicted octanol–water partition coefficient (Wildman–Crippen LogP) is 3.48. The first kappa shape index (κ1) is 16.4. The molecule has 0 saturated heterocycles. The molecule has 0 radical (unpaired) electrons. The van der Waals surface area contributed by atoms with Crippen LogP contribution in [0.25, 0.3) is 5.69 Å². The summed E-state index contributed by atoms with van der Waals surface area (Å²) in [6.07, 6.45) is 4.51. The van der Waals surface area contributed by atoms with Gasteiger partial charge in [-0.1, -0.05) is 12.1 Å². The van der Waals surface area contributed by atoms with Gasteiger partial charge in [-0.25, -0.2) is 9.67 Å². The van der Waals surface area contributed by atoms with Gasteiger partial charge in [0.05, 0.1) is 11.7 Å². The smallest absolute Gasteiger partial charge is 0.223 e. The molecule has 24 heavy (non-hydrogen) atoms. The molecule has 0 saturated carbocycles. The number of hydrogen-bond donors (Lipinski definition) is 0. The van der Waals surface area contributed by atoms with E-state index in [2.05, 4.69) is 21.5 Å². The average molecular weight is 340 g/mol. The summed E-state index contributed by atoms with van der Waals surface area (Å²) < 4.78 is 1.71. The second-order valence-electron chi connectivity index (χ2n) is 5.74. The minimum atomic E-state index is 0.0322. The van der Waals surface area contributed by atoms with Crippen LogP contribution in [0.5, 0.6) is 0 Å². The largest absolute Gasteiger partial charge is 0.339 e. The molecule has 3 aromatic rings. The molecule has 3 rings (SSSR count). The van der Waals surface area contributed by atoms with Crippen molar-refractivity contribution in [1.29, 1.82) is 0 Å². The normalized spacial score (nSPS) is 12.1. The molecule has 0 aliphatic carbocycles. The van der Waals surface area contributed by atoms with Gasteiger partial charge in [0.2, 0.25) is 5.91 Å². The van der Waals surface area contributed by atoms with E-state index in [0.717, 1.165) is 17.7 Å². The third-order valence-corrected chi connectivity index (χ3v) is 4.97. The van der Waals surface area contributed by atoms with Gasteiger partial charge in [0.1, 0.15) is 12.7 Å². The van der Waals surface area contributed by atoms with Crippen LogP contribution in [-0.4, -0.2) is 32.6 Å². The Labute approximate surface area is 145 Å². The Bertz CT molecular complexity index is 766. The Hall–Kier alpha value is -2.47. The van der Waals surface area contributed by atoms with Crippen LogP contribution < -0.4 is 0 Å². The molecule has 0 spiro atoms. The second-order valence-corrected chi connectivity index (χ2v) is 6.52. The summed E-state index contributed by atoms with van der Waals surface area (Å²) in [5.74, 6) is 0.161. The maximum absolute atomic E-state index is 12.4. The first-order valence-electron chi connectivity index (χ1n) is 7.87. The zero-order chi connectivity index (χ0) is 16.9. The van der Waals surface area contributed by atoms with E-state index in [1.165, 1.54) is 11.9 Å². The van der Waals surface area contributed by atoms with E-state index >= 15 is 0 Å². The molecule has 0 aliphatic rings. The van der Waals surface area contributed by atoms with Gasteiger partial charge in [-0.15, -0.1) is 0 Å². The van der Waals surface area contributed by atoms with Crippen molar-refractivity contribution in [3.8, 4) is 5.69 Å². The van der Waals surface area contributed by atoms with Gasteiger partial charge < -0.3 is 4.90 Å². The maximum Gasteiger partial charge on any atom is 0.223 e. The number of amides is 1. The summed E-state index contributed by atoms with van der Waals surface area (Å²) in [7, 11) is 1.87. The molecule has 1 amide bonds.